The van der Waals surface area contributed by atoms with Crippen molar-refractivity contribution in [2.75, 3.05) is 13.2 Å². The second kappa shape index (κ2) is 8.46. The molecule has 0 radical (unpaired) electrons. The third-order valence-corrected chi connectivity index (χ3v) is 3.60. The van der Waals surface area contributed by atoms with Crippen molar-refractivity contribution in [2.45, 2.75) is 44.8 Å². The summed E-state index contributed by atoms with van der Waals surface area (Å²) in [5.41, 5.74) is 9.89. The van der Waals surface area contributed by atoms with Gasteiger partial charge in [-0.25, -0.2) is 4.79 Å². The Morgan fingerprint density at radius 3 is 2.38 bits per heavy atom. The molecule has 0 heterocycles. The van der Waals surface area contributed by atoms with Gasteiger partial charge in [0.1, 0.15) is 0 Å². The van der Waals surface area contributed by atoms with E-state index in [0.717, 1.165) is 12.8 Å². The van der Waals surface area contributed by atoms with E-state index in [1.165, 1.54) is 12.8 Å². The number of carbonyl (C=O) groups is 3. The first-order chi connectivity index (χ1) is 9.91. The molecule has 1 rings (SSSR count). The summed E-state index contributed by atoms with van der Waals surface area (Å²) < 4.78 is 5.72. The van der Waals surface area contributed by atoms with Crippen LogP contribution in [0.3, 0.4) is 0 Å². The monoisotopic (exact) mass is 300 g/mol. The molecule has 0 aromatic heterocycles. The summed E-state index contributed by atoms with van der Waals surface area (Å²) in [6.07, 6.45) is 4.84. The quantitative estimate of drug-likeness (QED) is 0.362. The van der Waals surface area contributed by atoms with Gasteiger partial charge in [0.15, 0.2) is 6.04 Å². The van der Waals surface area contributed by atoms with Gasteiger partial charge in [0, 0.05) is 6.54 Å². The fraction of sp³-hybridized carbons (Fsp3) is 0.769. The molecule has 0 unspecified atom stereocenters. The molecule has 0 aromatic rings. The third kappa shape index (κ3) is 5.99. The molecular weight excluding hydrogens is 276 g/mol. The second-order valence-corrected chi connectivity index (χ2v) is 5.31. The lowest BCUT2D eigenvalue weighted by Crippen LogP contribution is -2.55. The number of urea groups is 1. The van der Waals surface area contributed by atoms with E-state index < -0.39 is 23.9 Å². The van der Waals surface area contributed by atoms with Crippen molar-refractivity contribution >= 4 is 17.8 Å². The van der Waals surface area contributed by atoms with Crippen molar-refractivity contribution in [3.05, 3.63) is 0 Å². The number of nitrogens with two attached hydrogens (primary N) is 2. The molecule has 1 fully saturated rings. The summed E-state index contributed by atoms with van der Waals surface area (Å²) in [6.45, 7) is 2.81. The summed E-state index contributed by atoms with van der Waals surface area (Å²) in [6, 6.07) is -2.19. The highest BCUT2D eigenvalue weighted by Crippen LogP contribution is 2.25. The lowest BCUT2D eigenvalue weighted by Gasteiger charge is -2.28. The van der Waals surface area contributed by atoms with Gasteiger partial charge in [-0.3, -0.25) is 9.59 Å². The van der Waals surface area contributed by atoms with Crippen molar-refractivity contribution in [3.63, 3.8) is 0 Å². The highest BCUT2D eigenvalue weighted by Gasteiger charge is 2.24. The van der Waals surface area contributed by atoms with Crippen LogP contribution in [0.5, 0.6) is 0 Å². The number of carbonyl (C=O) groups excluding carboxylic acids is 3. The van der Waals surface area contributed by atoms with Crippen LogP contribution >= 0.6 is 0 Å². The highest BCUT2D eigenvalue weighted by atomic mass is 16.5. The first-order valence-corrected chi connectivity index (χ1v) is 7.16. The number of nitrogens with one attached hydrogen (secondary N) is 2. The Hall–Kier alpha value is -1.83. The zero-order valence-corrected chi connectivity index (χ0v) is 12.3. The fourth-order valence-corrected chi connectivity index (χ4v) is 2.37. The van der Waals surface area contributed by atoms with Gasteiger partial charge in [-0.05, 0) is 18.8 Å². The van der Waals surface area contributed by atoms with Crippen LogP contribution in [0.25, 0.3) is 0 Å². The molecule has 1 aliphatic rings. The molecule has 0 aliphatic heterocycles. The van der Waals surface area contributed by atoms with E-state index in [2.05, 4.69) is 17.6 Å². The second-order valence-electron chi connectivity index (χ2n) is 5.31. The molecule has 8 nitrogen and oxygen atoms in total. The zero-order chi connectivity index (χ0) is 15.8. The Morgan fingerprint density at radius 1 is 1.19 bits per heavy atom. The summed E-state index contributed by atoms with van der Waals surface area (Å²) >= 11 is 0. The van der Waals surface area contributed by atoms with Crippen molar-refractivity contribution < 1.29 is 19.1 Å². The van der Waals surface area contributed by atoms with Gasteiger partial charge in [-0.2, -0.15) is 0 Å². The minimum Gasteiger partial charge on any atom is -0.376 e. The number of primary amides is 2. The molecule has 120 valence electrons. The molecule has 0 aromatic carbocycles. The topological polar surface area (TPSA) is 137 Å². The van der Waals surface area contributed by atoms with Crippen LogP contribution in [-0.4, -0.2) is 43.1 Å². The maximum absolute atomic E-state index is 11.5. The van der Waals surface area contributed by atoms with Crippen LogP contribution in [0.1, 0.15) is 32.6 Å². The van der Waals surface area contributed by atoms with Crippen molar-refractivity contribution in [1.29, 1.82) is 0 Å². The molecule has 6 N–H and O–H groups in total. The van der Waals surface area contributed by atoms with E-state index in [-0.39, 0.29) is 12.6 Å². The normalized spacial score (nSPS) is 21.8. The lowest BCUT2D eigenvalue weighted by molar-refractivity contribution is -0.128. The van der Waals surface area contributed by atoms with Crippen LogP contribution in [-0.2, 0) is 14.3 Å². The zero-order valence-electron chi connectivity index (χ0n) is 12.3. The van der Waals surface area contributed by atoms with Crippen LogP contribution in [0, 0.1) is 5.92 Å². The molecule has 1 saturated carbocycles. The number of hydrogen-bond donors (Lipinski definition) is 4. The third-order valence-electron chi connectivity index (χ3n) is 3.60. The molecule has 0 bridgehead atoms. The Kier molecular flexibility index (Phi) is 6.93. The maximum Gasteiger partial charge on any atom is 0.315 e. The standard InChI is InChI=1S/C13H24N4O4/c1-8-4-2-3-5-9(8)21-7-6-16-13(20)17-10(11(14)18)12(15)19/h8-10H,2-7H2,1H3,(H2,14,18)(H2,15,19)(H2,16,17,20)/t8-,9+/m1/s1. The minimum absolute atomic E-state index is 0.229. The molecule has 4 amide bonds. The van der Waals surface area contributed by atoms with Crippen LogP contribution in [0.4, 0.5) is 4.79 Å². The molecule has 21 heavy (non-hydrogen) atoms. The van der Waals surface area contributed by atoms with E-state index in [9.17, 15) is 14.4 Å². The number of rotatable bonds is 7. The molecule has 1 aliphatic carbocycles. The van der Waals surface area contributed by atoms with Gasteiger partial charge in [-0.15, -0.1) is 0 Å². The predicted molar refractivity (Wildman–Crippen MR) is 76.1 cm³/mol. The Labute approximate surface area is 123 Å². The first-order valence-electron chi connectivity index (χ1n) is 7.16. The summed E-state index contributed by atoms with van der Waals surface area (Å²) in [5, 5.41) is 4.60. The maximum atomic E-state index is 11.5. The highest BCUT2D eigenvalue weighted by molar-refractivity contribution is 6.05. The van der Waals surface area contributed by atoms with Crippen molar-refractivity contribution in [1.82, 2.24) is 10.6 Å². The van der Waals surface area contributed by atoms with Crippen molar-refractivity contribution in [2.24, 2.45) is 17.4 Å². The first kappa shape index (κ1) is 17.2. The summed E-state index contributed by atoms with van der Waals surface area (Å²) in [4.78, 5) is 33.3. The summed E-state index contributed by atoms with van der Waals surface area (Å²) in [7, 11) is 0. The largest absolute Gasteiger partial charge is 0.376 e. The average molecular weight is 300 g/mol. The van der Waals surface area contributed by atoms with E-state index in [4.69, 9.17) is 16.2 Å². The van der Waals surface area contributed by atoms with E-state index in [0.29, 0.717) is 12.5 Å². The molecule has 0 saturated heterocycles. The van der Waals surface area contributed by atoms with E-state index >= 15 is 0 Å². The number of hydrogen-bond acceptors (Lipinski definition) is 4. The van der Waals surface area contributed by atoms with Crippen LogP contribution < -0.4 is 22.1 Å². The van der Waals surface area contributed by atoms with Gasteiger partial charge >= 0.3 is 6.03 Å². The molecule has 8 heteroatoms. The predicted octanol–water partition coefficient (Wildman–Crippen LogP) is -0.780. The number of ether oxygens (including phenoxy) is 1. The lowest BCUT2D eigenvalue weighted by atomic mass is 9.88. The number of amides is 4. The molecular formula is C13H24N4O4. The van der Waals surface area contributed by atoms with Gasteiger partial charge in [-0.1, -0.05) is 19.8 Å². The summed E-state index contributed by atoms with van der Waals surface area (Å²) in [5.74, 6) is -1.46. The van der Waals surface area contributed by atoms with Crippen LogP contribution in [0.15, 0.2) is 0 Å². The Morgan fingerprint density at radius 2 is 1.81 bits per heavy atom. The van der Waals surface area contributed by atoms with Gasteiger partial charge in [0.2, 0.25) is 11.8 Å². The minimum atomic E-state index is -1.51. The molecule has 2 atom stereocenters. The Balaban J connectivity index is 2.21. The van der Waals surface area contributed by atoms with Gasteiger partial charge in [0.25, 0.3) is 0 Å². The van der Waals surface area contributed by atoms with Crippen molar-refractivity contribution in [3.8, 4) is 0 Å². The smallest absolute Gasteiger partial charge is 0.315 e. The molecule has 0 spiro atoms. The van der Waals surface area contributed by atoms with Gasteiger partial charge in [0.05, 0.1) is 12.7 Å². The van der Waals surface area contributed by atoms with Gasteiger partial charge < -0.3 is 26.8 Å². The SMILES string of the molecule is C[C@@H]1CCCC[C@@H]1OCCNC(=O)NC(C(N)=O)C(N)=O. The van der Waals surface area contributed by atoms with E-state index in [1.54, 1.807) is 0 Å². The van der Waals surface area contributed by atoms with E-state index in [1.807, 2.05) is 0 Å². The average Bonchev–Trinajstić information content (AvgIpc) is 2.42. The fourth-order valence-electron chi connectivity index (χ4n) is 2.37. The Bertz CT molecular complexity index is 374. The van der Waals surface area contributed by atoms with Crippen LogP contribution in [0.2, 0.25) is 0 Å².